The predicted molar refractivity (Wildman–Crippen MR) is 123 cm³/mol. The zero-order valence-corrected chi connectivity index (χ0v) is 18.2. The van der Waals surface area contributed by atoms with Gasteiger partial charge in [0, 0.05) is 42.1 Å². The van der Waals surface area contributed by atoms with Crippen molar-refractivity contribution in [2.24, 2.45) is 7.05 Å². The van der Waals surface area contributed by atoms with Crippen LogP contribution >= 0.6 is 0 Å². The number of methoxy groups -OCH3 is 1. The van der Waals surface area contributed by atoms with Gasteiger partial charge in [-0.3, -0.25) is 14.4 Å². The molecule has 0 spiro atoms. The summed E-state index contributed by atoms with van der Waals surface area (Å²) in [5, 5.41) is 5.82. The first-order valence-corrected chi connectivity index (χ1v) is 10.3. The first-order valence-electron chi connectivity index (χ1n) is 10.3. The Bertz CT molecular complexity index is 1370. The fourth-order valence-corrected chi connectivity index (χ4v) is 3.65. The minimum atomic E-state index is -0.636. The number of nitrogens with one attached hydrogen (secondary N) is 3. The Balaban J connectivity index is 1.52. The highest BCUT2D eigenvalue weighted by Gasteiger charge is 2.24. The summed E-state index contributed by atoms with van der Waals surface area (Å²) in [5.41, 5.74) is 0.889. The molecule has 9 heteroatoms. The summed E-state index contributed by atoms with van der Waals surface area (Å²) in [6.07, 6.45) is 4.76. The summed E-state index contributed by atoms with van der Waals surface area (Å²) in [7, 11) is 3.38. The maximum Gasteiger partial charge on any atom is 0.257 e. The van der Waals surface area contributed by atoms with E-state index in [-0.39, 0.29) is 12.1 Å². The summed E-state index contributed by atoms with van der Waals surface area (Å²) in [6.45, 7) is -0.318. The van der Waals surface area contributed by atoms with Gasteiger partial charge in [-0.2, -0.15) is 0 Å². The van der Waals surface area contributed by atoms with Crippen LogP contribution in [0, 0.1) is 0 Å². The zero-order chi connectivity index (χ0) is 23.4. The number of rotatable bonds is 7. The second-order valence-corrected chi connectivity index (χ2v) is 7.40. The van der Waals surface area contributed by atoms with Crippen molar-refractivity contribution < 1.29 is 14.3 Å². The molecule has 0 bridgehead atoms. The van der Waals surface area contributed by atoms with Crippen molar-refractivity contribution in [1.82, 2.24) is 25.2 Å². The number of fused-ring (bicyclic) bond motifs is 1. The van der Waals surface area contributed by atoms with Crippen LogP contribution in [0.5, 0.6) is 5.75 Å². The molecule has 0 aliphatic rings. The summed E-state index contributed by atoms with van der Waals surface area (Å²) in [5.74, 6) is 0.116. The van der Waals surface area contributed by atoms with E-state index in [0.29, 0.717) is 22.5 Å². The van der Waals surface area contributed by atoms with E-state index >= 15 is 0 Å². The number of aryl methyl sites for hydroxylation is 1. The summed E-state index contributed by atoms with van der Waals surface area (Å²) >= 11 is 0. The molecule has 0 saturated carbocycles. The third-order valence-electron chi connectivity index (χ3n) is 5.31. The van der Waals surface area contributed by atoms with E-state index in [1.54, 1.807) is 54.4 Å². The van der Waals surface area contributed by atoms with Crippen LogP contribution in [-0.2, 0) is 11.8 Å². The van der Waals surface area contributed by atoms with Crippen molar-refractivity contribution >= 4 is 22.7 Å². The molecule has 0 radical (unpaired) electrons. The molecule has 9 nitrogen and oxygen atoms in total. The molecule has 0 fully saturated rings. The SMILES string of the molecule is COc1ccccc1C(NC(=O)CNC(=O)c1c[nH]c2ccccc2c1=O)c1nccn1C. The number of carbonyl (C=O) groups is 2. The Kier molecular flexibility index (Phi) is 6.21. The highest BCUT2D eigenvalue weighted by atomic mass is 16.5. The number of hydrogen-bond acceptors (Lipinski definition) is 5. The Hall–Kier alpha value is -4.40. The second kappa shape index (κ2) is 9.39. The molecule has 4 rings (SSSR count). The van der Waals surface area contributed by atoms with Gasteiger partial charge in [-0.15, -0.1) is 0 Å². The molecule has 1 unspecified atom stereocenters. The van der Waals surface area contributed by atoms with E-state index in [0.717, 1.165) is 5.56 Å². The van der Waals surface area contributed by atoms with Crippen molar-refractivity contribution in [2.75, 3.05) is 13.7 Å². The van der Waals surface area contributed by atoms with Crippen LogP contribution < -0.4 is 20.8 Å². The van der Waals surface area contributed by atoms with Crippen LogP contribution in [0.3, 0.4) is 0 Å². The summed E-state index contributed by atoms with van der Waals surface area (Å²) in [4.78, 5) is 45.3. The van der Waals surface area contributed by atoms with Crippen molar-refractivity contribution in [1.29, 1.82) is 0 Å². The van der Waals surface area contributed by atoms with Crippen molar-refractivity contribution in [3.63, 3.8) is 0 Å². The zero-order valence-electron chi connectivity index (χ0n) is 18.2. The molecular weight excluding hydrogens is 422 g/mol. The number of aromatic amines is 1. The molecule has 1 atom stereocenters. The molecule has 0 aliphatic heterocycles. The van der Waals surface area contributed by atoms with E-state index < -0.39 is 23.3 Å². The third kappa shape index (κ3) is 4.47. The molecule has 2 heterocycles. The summed E-state index contributed by atoms with van der Waals surface area (Å²) < 4.78 is 7.25. The van der Waals surface area contributed by atoms with Gasteiger partial charge in [0.2, 0.25) is 11.3 Å². The largest absolute Gasteiger partial charge is 0.496 e. The van der Waals surface area contributed by atoms with E-state index in [4.69, 9.17) is 4.74 Å². The minimum Gasteiger partial charge on any atom is -0.496 e. The van der Waals surface area contributed by atoms with Crippen LogP contribution in [0.15, 0.2) is 71.9 Å². The number of carbonyl (C=O) groups excluding carboxylic acids is 2. The van der Waals surface area contributed by atoms with Crippen LogP contribution in [0.4, 0.5) is 0 Å². The molecule has 0 aliphatic carbocycles. The quantitative estimate of drug-likeness (QED) is 0.402. The number of pyridine rings is 1. The van der Waals surface area contributed by atoms with E-state index in [2.05, 4.69) is 20.6 Å². The van der Waals surface area contributed by atoms with Crippen LogP contribution in [0.2, 0.25) is 0 Å². The van der Waals surface area contributed by atoms with Crippen molar-refractivity contribution in [3.05, 3.63) is 94.3 Å². The lowest BCUT2D eigenvalue weighted by atomic mass is 10.0. The Morgan fingerprint density at radius 2 is 1.91 bits per heavy atom. The van der Waals surface area contributed by atoms with Gasteiger partial charge in [0.15, 0.2) is 0 Å². The number of H-pyrrole nitrogens is 1. The summed E-state index contributed by atoms with van der Waals surface area (Å²) in [6, 6.07) is 13.6. The van der Waals surface area contributed by atoms with E-state index in [1.807, 2.05) is 25.2 Å². The van der Waals surface area contributed by atoms with Gasteiger partial charge in [0.1, 0.15) is 23.2 Å². The molecular formula is C24H23N5O4. The van der Waals surface area contributed by atoms with Gasteiger partial charge in [0.25, 0.3) is 5.91 Å². The number of amides is 2. The third-order valence-corrected chi connectivity index (χ3v) is 5.31. The Morgan fingerprint density at radius 3 is 2.67 bits per heavy atom. The van der Waals surface area contributed by atoms with Gasteiger partial charge >= 0.3 is 0 Å². The lowest BCUT2D eigenvalue weighted by Gasteiger charge is -2.21. The number of para-hydroxylation sites is 2. The normalized spacial score (nSPS) is 11.7. The maximum atomic E-state index is 12.8. The van der Waals surface area contributed by atoms with E-state index in [9.17, 15) is 14.4 Å². The molecule has 168 valence electrons. The monoisotopic (exact) mass is 445 g/mol. The lowest BCUT2D eigenvalue weighted by Crippen LogP contribution is -2.40. The first-order chi connectivity index (χ1) is 16.0. The molecule has 2 aromatic carbocycles. The van der Waals surface area contributed by atoms with Gasteiger partial charge in [-0.1, -0.05) is 30.3 Å². The number of benzene rings is 2. The number of aromatic nitrogens is 3. The number of hydrogen-bond donors (Lipinski definition) is 3. The van der Waals surface area contributed by atoms with Gasteiger partial charge in [-0.05, 0) is 18.2 Å². The average Bonchev–Trinajstić information content (AvgIpc) is 3.27. The van der Waals surface area contributed by atoms with Crippen LogP contribution in [0.25, 0.3) is 10.9 Å². The standard InChI is InChI=1S/C24H23N5O4/c1-29-12-11-25-23(29)21(16-8-4-6-10-19(16)33-2)28-20(30)14-27-24(32)17-13-26-18-9-5-3-7-15(18)22(17)31/h3-13,21H,14H2,1-2H3,(H,26,31)(H,27,32)(H,28,30). The first kappa shape index (κ1) is 21.8. The highest BCUT2D eigenvalue weighted by molar-refractivity contribution is 5.98. The molecule has 4 aromatic rings. The van der Waals surface area contributed by atoms with Crippen LogP contribution in [-0.4, -0.2) is 40.0 Å². The molecule has 3 N–H and O–H groups in total. The minimum absolute atomic E-state index is 0.0631. The topological polar surface area (TPSA) is 118 Å². The Morgan fingerprint density at radius 1 is 1.15 bits per heavy atom. The van der Waals surface area contributed by atoms with Gasteiger partial charge in [0.05, 0.1) is 13.7 Å². The smallest absolute Gasteiger partial charge is 0.257 e. The van der Waals surface area contributed by atoms with Crippen molar-refractivity contribution in [2.45, 2.75) is 6.04 Å². The average molecular weight is 445 g/mol. The Labute approximate surface area is 189 Å². The lowest BCUT2D eigenvalue weighted by molar-refractivity contribution is -0.120. The number of nitrogens with zero attached hydrogens (tertiary/aromatic N) is 2. The number of imidazole rings is 1. The number of ether oxygens (including phenoxy) is 1. The van der Waals surface area contributed by atoms with Crippen molar-refractivity contribution in [3.8, 4) is 5.75 Å². The molecule has 2 amide bonds. The second-order valence-electron chi connectivity index (χ2n) is 7.40. The van der Waals surface area contributed by atoms with Gasteiger partial charge in [-0.25, -0.2) is 4.98 Å². The van der Waals surface area contributed by atoms with E-state index in [1.165, 1.54) is 6.20 Å². The maximum absolute atomic E-state index is 12.8. The molecule has 33 heavy (non-hydrogen) atoms. The fourth-order valence-electron chi connectivity index (χ4n) is 3.65. The molecule has 0 saturated heterocycles. The predicted octanol–water partition coefficient (Wildman–Crippen LogP) is 1.91. The molecule has 2 aromatic heterocycles. The van der Waals surface area contributed by atoms with Gasteiger partial charge < -0.3 is 24.9 Å². The fraction of sp³-hybridized carbons (Fsp3) is 0.167. The van der Waals surface area contributed by atoms with Crippen LogP contribution in [0.1, 0.15) is 27.8 Å². The highest BCUT2D eigenvalue weighted by Crippen LogP contribution is 2.28.